The standard InChI is InChI=1S/C34H34N4O7/c1-22(5-4-8-31(40)36-20-25-7-3-2-6-24(25)17-28(36)21-39)34(43)29-18-27(38(44)45)13-14-30(29)37(33(34)42)19-23-9-11-26(12-10-23)35-16-15-32(35)41/h2-7,9-14,18,22,28,39,43H,8,15-17,19-21H2,1H3/b5-4+/t22-,28-,34+/m0/s1. The number of hydrogen-bond donors (Lipinski definition) is 2. The van der Waals surface area contributed by atoms with Gasteiger partial charge in [0.25, 0.3) is 11.6 Å². The van der Waals surface area contributed by atoms with Gasteiger partial charge < -0.3 is 24.9 Å². The van der Waals surface area contributed by atoms with Crippen molar-refractivity contribution < 1.29 is 29.5 Å². The van der Waals surface area contributed by atoms with Gasteiger partial charge in [-0.15, -0.1) is 0 Å². The van der Waals surface area contributed by atoms with Crippen LogP contribution in [0.3, 0.4) is 0 Å². The minimum atomic E-state index is -2.11. The number of nitrogens with zero attached hydrogens (tertiary/aromatic N) is 4. The number of β-lactam (4-membered cyclic amide) rings is 1. The molecule has 232 valence electrons. The Kier molecular flexibility index (Phi) is 7.98. The number of non-ortho nitro benzene ring substituents is 1. The van der Waals surface area contributed by atoms with Crippen LogP contribution in [0, 0.1) is 16.0 Å². The average Bonchev–Trinajstić information content (AvgIpc) is 3.26. The second-order valence-electron chi connectivity index (χ2n) is 11.8. The van der Waals surface area contributed by atoms with Crippen molar-refractivity contribution in [1.82, 2.24) is 4.90 Å². The Bertz CT molecular complexity index is 1700. The molecule has 3 aliphatic heterocycles. The maximum Gasteiger partial charge on any atom is 0.269 e. The van der Waals surface area contributed by atoms with Gasteiger partial charge in [-0.2, -0.15) is 0 Å². The highest BCUT2D eigenvalue weighted by atomic mass is 16.6. The number of aliphatic hydroxyl groups excluding tert-OH is 1. The molecule has 0 radical (unpaired) electrons. The highest BCUT2D eigenvalue weighted by Crippen LogP contribution is 2.47. The topological polar surface area (TPSA) is 145 Å². The molecule has 0 aromatic heterocycles. The molecule has 1 fully saturated rings. The highest BCUT2D eigenvalue weighted by molar-refractivity contribution is 6.07. The molecule has 11 heteroatoms. The van der Waals surface area contributed by atoms with Crippen molar-refractivity contribution in [3.8, 4) is 0 Å². The van der Waals surface area contributed by atoms with Crippen molar-refractivity contribution in [2.45, 2.75) is 50.9 Å². The lowest BCUT2D eigenvalue weighted by atomic mass is 9.82. The van der Waals surface area contributed by atoms with Gasteiger partial charge in [0, 0.05) is 55.2 Å². The normalized spacial score (nSPS) is 21.5. The zero-order valence-corrected chi connectivity index (χ0v) is 24.8. The van der Waals surface area contributed by atoms with Crippen molar-refractivity contribution in [1.29, 1.82) is 0 Å². The number of carbonyl (C=O) groups excluding carboxylic acids is 3. The molecule has 0 bridgehead atoms. The van der Waals surface area contributed by atoms with E-state index in [1.165, 1.54) is 23.1 Å². The van der Waals surface area contributed by atoms with E-state index < -0.39 is 22.3 Å². The lowest BCUT2D eigenvalue weighted by Gasteiger charge is -2.36. The van der Waals surface area contributed by atoms with E-state index in [0.717, 1.165) is 22.4 Å². The Balaban J connectivity index is 1.22. The van der Waals surface area contributed by atoms with Crippen LogP contribution < -0.4 is 9.80 Å². The molecule has 3 amide bonds. The van der Waals surface area contributed by atoms with Crippen LogP contribution in [-0.2, 0) is 39.5 Å². The van der Waals surface area contributed by atoms with Crippen LogP contribution in [0.15, 0.2) is 78.9 Å². The molecule has 0 unspecified atom stereocenters. The Labute approximate surface area is 260 Å². The largest absolute Gasteiger partial charge is 0.394 e. The van der Waals surface area contributed by atoms with Gasteiger partial charge >= 0.3 is 0 Å². The van der Waals surface area contributed by atoms with Crippen LogP contribution in [-0.4, -0.2) is 57.0 Å². The summed E-state index contributed by atoms with van der Waals surface area (Å²) in [5.74, 6) is -1.61. The van der Waals surface area contributed by atoms with Crippen LogP contribution >= 0.6 is 0 Å². The van der Waals surface area contributed by atoms with E-state index in [1.54, 1.807) is 41.0 Å². The van der Waals surface area contributed by atoms with Gasteiger partial charge in [-0.05, 0) is 41.3 Å². The number of fused-ring (bicyclic) bond motifs is 2. The number of anilines is 2. The summed E-state index contributed by atoms with van der Waals surface area (Å²) in [6, 6.07) is 18.7. The Morgan fingerprint density at radius 2 is 1.84 bits per heavy atom. The summed E-state index contributed by atoms with van der Waals surface area (Å²) in [6.45, 7) is 2.62. The molecular weight excluding hydrogens is 576 g/mol. The van der Waals surface area contributed by atoms with Crippen molar-refractivity contribution in [3.63, 3.8) is 0 Å². The minimum absolute atomic E-state index is 0.00927. The zero-order chi connectivity index (χ0) is 31.9. The minimum Gasteiger partial charge on any atom is -0.394 e. The Hall–Kier alpha value is -4.87. The van der Waals surface area contributed by atoms with Crippen LogP contribution in [0.25, 0.3) is 0 Å². The molecule has 0 spiro atoms. The quantitative estimate of drug-likeness (QED) is 0.163. The first-order valence-electron chi connectivity index (χ1n) is 15.0. The average molecular weight is 611 g/mol. The number of rotatable bonds is 9. The van der Waals surface area contributed by atoms with E-state index in [2.05, 4.69) is 0 Å². The van der Waals surface area contributed by atoms with E-state index in [1.807, 2.05) is 36.4 Å². The van der Waals surface area contributed by atoms with Gasteiger partial charge in [0.15, 0.2) is 5.60 Å². The third-order valence-corrected chi connectivity index (χ3v) is 9.17. The number of aliphatic hydroxyl groups is 2. The fraction of sp³-hybridized carbons (Fsp3) is 0.324. The molecule has 3 aromatic carbocycles. The van der Waals surface area contributed by atoms with Crippen LogP contribution in [0.4, 0.5) is 17.1 Å². The summed E-state index contributed by atoms with van der Waals surface area (Å²) in [4.78, 5) is 54.8. The SMILES string of the molecule is C[C@@H](/C=C/CC(=O)N1Cc2ccccc2C[C@H]1CO)[C@]1(O)C(=O)N(Cc2ccc(N3CCC3=O)cc2)c2ccc([N+](=O)[O-])cc21. The fourth-order valence-corrected chi connectivity index (χ4v) is 6.43. The van der Waals surface area contributed by atoms with Gasteiger partial charge in [0.1, 0.15) is 0 Å². The summed E-state index contributed by atoms with van der Waals surface area (Å²) in [6.07, 6.45) is 4.25. The van der Waals surface area contributed by atoms with Gasteiger partial charge in [0.2, 0.25) is 11.8 Å². The number of hydrogen-bond acceptors (Lipinski definition) is 7. The zero-order valence-electron chi connectivity index (χ0n) is 24.8. The summed E-state index contributed by atoms with van der Waals surface area (Å²) >= 11 is 0. The first kappa shape index (κ1) is 30.2. The van der Waals surface area contributed by atoms with Crippen LogP contribution in [0.5, 0.6) is 0 Å². The lowest BCUT2D eigenvalue weighted by molar-refractivity contribution is -0.385. The van der Waals surface area contributed by atoms with Gasteiger partial charge in [-0.1, -0.05) is 55.5 Å². The lowest BCUT2D eigenvalue weighted by Crippen LogP contribution is -2.46. The smallest absolute Gasteiger partial charge is 0.269 e. The van der Waals surface area contributed by atoms with Crippen LogP contribution in [0.1, 0.15) is 42.0 Å². The molecule has 0 saturated carbocycles. The monoisotopic (exact) mass is 610 g/mol. The van der Waals surface area contributed by atoms with E-state index in [0.29, 0.717) is 31.6 Å². The number of amides is 3. The van der Waals surface area contributed by atoms with E-state index in [9.17, 15) is 34.7 Å². The number of carbonyl (C=O) groups is 3. The molecule has 0 aliphatic carbocycles. The van der Waals surface area contributed by atoms with Crippen molar-refractivity contribution in [2.75, 3.05) is 23.0 Å². The van der Waals surface area contributed by atoms with Crippen LogP contribution in [0.2, 0.25) is 0 Å². The van der Waals surface area contributed by atoms with Crippen molar-refractivity contribution >= 4 is 34.8 Å². The third kappa shape index (κ3) is 5.38. The maximum absolute atomic E-state index is 13.9. The van der Waals surface area contributed by atoms with Gasteiger partial charge in [-0.3, -0.25) is 24.5 Å². The molecule has 3 aliphatic rings. The number of nitro groups is 1. The molecule has 6 rings (SSSR count). The molecular formula is C34H34N4O7. The van der Waals surface area contributed by atoms with Gasteiger partial charge in [-0.25, -0.2) is 0 Å². The third-order valence-electron chi connectivity index (χ3n) is 9.17. The van der Waals surface area contributed by atoms with E-state index in [-0.39, 0.29) is 48.7 Å². The summed E-state index contributed by atoms with van der Waals surface area (Å²) in [5.41, 5.74) is 1.78. The molecule has 45 heavy (non-hydrogen) atoms. The first-order chi connectivity index (χ1) is 21.6. The second-order valence-corrected chi connectivity index (χ2v) is 11.8. The fourth-order valence-electron chi connectivity index (χ4n) is 6.43. The molecule has 3 heterocycles. The summed E-state index contributed by atoms with van der Waals surface area (Å²) < 4.78 is 0. The Morgan fingerprint density at radius 1 is 1.11 bits per heavy atom. The molecule has 3 aromatic rings. The molecule has 11 nitrogen and oxygen atoms in total. The predicted octanol–water partition coefficient (Wildman–Crippen LogP) is 3.59. The van der Waals surface area contributed by atoms with E-state index >= 15 is 0 Å². The maximum atomic E-state index is 13.9. The summed E-state index contributed by atoms with van der Waals surface area (Å²) in [7, 11) is 0. The molecule has 3 atom stereocenters. The van der Waals surface area contributed by atoms with E-state index in [4.69, 9.17) is 0 Å². The summed E-state index contributed by atoms with van der Waals surface area (Å²) in [5, 5.41) is 33.6. The first-order valence-corrected chi connectivity index (χ1v) is 15.0. The van der Waals surface area contributed by atoms with Crippen molar-refractivity contribution in [3.05, 3.63) is 111 Å². The predicted molar refractivity (Wildman–Crippen MR) is 166 cm³/mol. The number of benzene rings is 3. The second kappa shape index (κ2) is 11.9. The molecule has 1 saturated heterocycles. The highest BCUT2D eigenvalue weighted by Gasteiger charge is 2.53. The molecule has 2 N–H and O–H groups in total. The number of nitro benzene ring substituents is 1. The Morgan fingerprint density at radius 3 is 2.49 bits per heavy atom. The van der Waals surface area contributed by atoms with Gasteiger partial charge in [0.05, 0.1) is 29.8 Å². The van der Waals surface area contributed by atoms with Crippen molar-refractivity contribution in [2.24, 2.45) is 5.92 Å².